The van der Waals surface area contributed by atoms with Crippen LogP contribution in [0.2, 0.25) is 0 Å². The molecular weight excluding hydrogens is 462 g/mol. The Bertz CT molecular complexity index is 1310. The van der Waals surface area contributed by atoms with Gasteiger partial charge in [0.2, 0.25) is 11.1 Å². The number of anilines is 1. The second-order valence-corrected chi connectivity index (χ2v) is 8.97. The highest BCUT2D eigenvalue weighted by Crippen LogP contribution is 2.32. The molecule has 2 aromatic heterocycles. The predicted molar refractivity (Wildman–Crippen MR) is 137 cm³/mol. The lowest BCUT2D eigenvalue weighted by atomic mass is 10.0. The molecule has 0 saturated carbocycles. The molecule has 35 heavy (non-hydrogen) atoms. The number of rotatable bonds is 8. The Morgan fingerprint density at radius 3 is 2.00 bits per heavy atom. The molecule has 0 aliphatic carbocycles. The van der Waals surface area contributed by atoms with Gasteiger partial charge in [0, 0.05) is 16.8 Å². The van der Waals surface area contributed by atoms with Gasteiger partial charge in [-0.05, 0) is 74.5 Å². The predicted octanol–water partition coefficient (Wildman–Crippen LogP) is 5.05. The summed E-state index contributed by atoms with van der Waals surface area (Å²) in [6.07, 6.45) is 0. The fourth-order valence-corrected chi connectivity index (χ4v) is 4.02. The van der Waals surface area contributed by atoms with E-state index in [9.17, 15) is 4.79 Å². The molecule has 8 nitrogen and oxygen atoms in total. The van der Waals surface area contributed by atoms with Gasteiger partial charge in [0.1, 0.15) is 28.7 Å². The number of thioether (sulfide) groups is 1. The van der Waals surface area contributed by atoms with E-state index in [4.69, 9.17) is 14.5 Å². The first-order valence-corrected chi connectivity index (χ1v) is 11.8. The Balaban J connectivity index is 1.63. The van der Waals surface area contributed by atoms with Crippen molar-refractivity contribution >= 4 is 23.5 Å². The number of aryl methyl sites for hydroxylation is 1. The van der Waals surface area contributed by atoms with Crippen molar-refractivity contribution in [1.82, 2.24) is 20.2 Å². The minimum absolute atomic E-state index is 0.193. The number of ether oxygens (including phenoxy) is 2. The summed E-state index contributed by atoms with van der Waals surface area (Å²) in [6, 6.07) is 20.6. The molecule has 2 aromatic carbocycles. The van der Waals surface area contributed by atoms with Gasteiger partial charge in [0.15, 0.2) is 0 Å². The monoisotopic (exact) mass is 487 g/mol. The van der Waals surface area contributed by atoms with E-state index in [0.717, 1.165) is 28.3 Å². The van der Waals surface area contributed by atoms with E-state index in [1.54, 1.807) is 27.2 Å². The first kappa shape index (κ1) is 24.2. The summed E-state index contributed by atoms with van der Waals surface area (Å²) >= 11 is 1.23. The molecule has 2 heterocycles. The van der Waals surface area contributed by atoms with Gasteiger partial charge in [0.25, 0.3) is 0 Å². The van der Waals surface area contributed by atoms with Gasteiger partial charge in [-0.15, -0.1) is 10.2 Å². The Morgan fingerprint density at radius 2 is 1.43 bits per heavy atom. The minimum Gasteiger partial charge on any atom is -0.497 e. The van der Waals surface area contributed by atoms with Gasteiger partial charge in [0.05, 0.1) is 19.5 Å². The zero-order valence-electron chi connectivity index (χ0n) is 19.9. The second kappa shape index (κ2) is 11.0. The summed E-state index contributed by atoms with van der Waals surface area (Å²) in [4.78, 5) is 21.8. The first-order valence-electron chi connectivity index (χ1n) is 10.9. The molecule has 1 unspecified atom stereocenters. The number of benzene rings is 2. The molecule has 0 bridgehead atoms. The minimum atomic E-state index is -0.463. The normalized spacial score (nSPS) is 11.5. The summed E-state index contributed by atoms with van der Waals surface area (Å²) in [5.74, 6) is 1.80. The van der Waals surface area contributed by atoms with Crippen LogP contribution in [0.25, 0.3) is 22.5 Å². The van der Waals surface area contributed by atoms with Crippen LogP contribution in [-0.4, -0.2) is 45.5 Å². The lowest BCUT2D eigenvalue weighted by Crippen LogP contribution is -2.23. The van der Waals surface area contributed by atoms with Crippen LogP contribution in [0.3, 0.4) is 0 Å². The van der Waals surface area contributed by atoms with Gasteiger partial charge in [-0.1, -0.05) is 17.8 Å². The number of amides is 1. The fraction of sp³-hybridized carbons (Fsp3) is 0.192. The zero-order chi connectivity index (χ0) is 24.8. The molecule has 4 aromatic rings. The van der Waals surface area contributed by atoms with E-state index in [1.165, 1.54) is 11.8 Å². The number of carbonyl (C=O) groups excluding carboxylic acids is 1. The number of nitrogens with one attached hydrogen (secondary N) is 1. The second-order valence-electron chi connectivity index (χ2n) is 7.66. The molecule has 0 aliphatic rings. The summed E-state index contributed by atoms with van der Waals surface area (Å²) < 4.78 is 10.6. The summed E-state index contributed by atoms with van der Waals surface area (Å²) in [5, 5.41) is 11.6. The maximum atomic E-state index is 12.7. The van der Waals surface area contributed by atoms with Gasteiger partial charge >= 0.3 is 0 Å². The molecule has 178 valence electrons. The van der Waals surface area contributed by atoms with Crippen LogP contribution in [0.1, 0.15) is 12.6 Å². The van der Waals surface area contributed by atoms with Crippen LogP contribution < -0.4 is 14.8 Å². The Kier molecular flexibility index (Phi) is 7.57. The average molecular weight is 488 g/mol. The smallest absolute Gasteiger partial charge is 0.238 e. The van der Waals surface area contributed by atoms with Crippen molar-refractivity contribution in [1.29, 1.82) is 0 Å². The summed E-state index contributed by atoms with van der Waals surface area (Å²) in [7, 11) is 3.25. The zero-order valence-corrected chi connectivity index (χ0v) is 20.7. The molecule has 4 rings (SSSR count). The van der Waals surface area contributed by atoms with Crippen molar-refractivity contribution in [3.63, 3.8) is 0 Å². The molecule has 0 fully saturated rings. The van der Waals surface area contributed by atoms with Crippen LogP contribution in [0.15, 0.2) is 71.9 Å². The standard InChI is InChI=1S/C26H25N5O3S/c1-16-6-5-7-22(27-16)28-25(32)17(2)35-26-29-23(18-8-12-20(33-3)13-9-18)24(30-31-26)19-10-14-21(34-4)15-11-19/h5-15,17H,1-4H3,(H,27,28,32). The highest BCUT2D eigenvalue weighted by Gasteiger charge is 2.20. The molecule has 1 N–H and O–H groups in total. The van der Waals surface area contributed by atoms with Crippen LogP contribution >= 0.6 is 11.8 Å². The number of hydrogen-bond donors (Lipinski definition) is 1. The molecule has 0 aliphatic heterocycles. The van der Waals surface area contributed by atoms with Crippen LogP contribution in [-0.2, 0) is 4.79 Å². The van der Waals surface area contributed by atoms with Crippen molar-refractivity contribution in [3.8, 4) is 34.0 Å². The van der Waals surface area contributed by atoms with Crippen molar-refractivity contribution in [2.45, 2.75) is 24.3 Å². The largest absolute Gasteiger partial charge is 0.497 e. The number of carbonyl (C=O) groups is 1. The first-order chi connectivity index (χ1) is 17.0. The molecule has 9 heteroatoms. The molecule has 0 spiro atoms. The lowest BCUT2D eigenvalue weighted by Gasteiger charge is -2.13. The van der Waals surface area contributed by atoms with E-state index >= 15 is 0 Å². The quantitative estimate of drug-likeness (QED) is 0.345. The Hall–Kier alpha value is -3.98. The third kappa shape index (κ3) is 5.93. The molecule has 0 radical (unpaired) electrons. The van der Waals surface area contributed by atoms with Gasteiger partial charge in [-0.3, -0.25) is 4.79 Å². The molecular formula is C26H25N5O3S. The van der Waals surface area contributed by atoms with E-state index < -0.39 is 5.25 Å². The molecule has 1 atom stereocenters. The molecule has 0 saturated heterocycles. The number of methoxy groups -OCH3 is 2. The number of pyridine rings is 1. The highest BCUT2D eigenvalue weighted by atomic mass is 32.2. The van der Waals surface area contributed by atoms with E-state index in [-0.39, 0.29) is 5.91 Å². The van der Waals surface area contributed by atoms with Crippen LogP contribution in [0.4, 0.5) is 5.82 Å². The van der Waals surface area contributed by atoms with E-state index in [2.05, 4.69) is 20.5 Å². The SMILES string of the molecule is COc1ccc(-c2nnc(SC(C)C(=O)Nc3cccc(C)n3)nc2-c2ccc(OC)cc2)cc1. The number of nitrogens with zero attached hydrogens (tertiary/aromatic N) is 4. The van der Waals surface area contributed by atoms with E-state index in [0.29, 0.717) is 22.4 Å². The van der Waals surface area contributed by atoms with Crippen LogP contribution in [0.5, 0.6) is 11.5 Å². The highest BCUT2D eigenvalue weighted by molar-refractivity contribution is 8.00. The number of hydrogen-bond acceptors (Lipinski definition) is 8. The van der Waals surface area contributed by atoms with Crippen molar-refractivity contribution in [2.75, 3.05) is 19.5 Å². The van der Waals surface area contributed by atoms with Crippen molar-refractivity contribution in [3.05, 3.63) is 72.4 Å². The third-order valence-corrected chi connectivity index (χ3v) is 6.14. The Labute approximate surface area is 208 Å². The van der Waals surface area contributed by atoms with Crippen LogP contribution in [0, 0.1) is 6.92 Å². The van der Waals surface area contributed by atoms with E-state index in [1.807, 2.05) is 67.6 Å². The lowest BCUT2D eigenvalue weighted by molar-refractivity contribution is -0.115. The Morgan fingerprint density at radius 1 is 0.829 bits per heavy atom. The maximum Gasteiger partial charge on any atom is 0.238 e. The third-order valence-electron chi connectivity index (χ3n) is 5.19. The molecule has 1 amide bonds. The van der Waals surface area contributed by atoms with Crippen molar-refractivity contribution < 1.29 is 14.3 Å². The average Bonchev–Trinajstić information content (AvgIpc) is 2.89. The number of aromatic nitrogens is 4. The maximum absolute atomic E-state index is 12.7. The van der Waals surface area contributed by atoms with Crippen molar-refractivity contribution in [2.24, 2.45) is 0 Å². The summed E-state index contributed by atoms with van der Waals surface area (Å²) in [5.41, 5.74) is 3.82. The topological polar surface area (TPSA) is 99.1 Å². The van der Waals surface area contributed by atoms with Gasteiger partial charge in [-0.2, -0.15) is 0 Å². The summed E-state index contributed by atoms with van der Waals surface area (Å²) in [6.45, 7) is 3.67. The van der Waals surface area contributed by atoms with Gasteiger partial charge in [-0.25, -0.2) is 9.97 Å². The van der Waals surface area contributed by atoms with Gasteiger partial charge < -0.3 is 14.8 Å². The fourth-order valence-electron chi connectivity index (χ4n) is 3.31.